The maximum atomic E-state index is 5.96. The summed E-state index contributed by atoms with van der Waals surface area (Å²) in [6, 6.07) is 0.888. The molecule has 1 saturated carbocycles. The second-order valence-corrected chi connectivity index (χ2v) is 5.11. The van der Waals surface area contributed by atoms with Crippen molar-refractivity contribution in [1.29, 1.82) is 0 Å². The maximum Gasteiger partial charge on any atom is 0.191 e. The molecule has 0 heterocycles. The fourth-order valence-corrected chi connectivity index (χ4v) is 2.17. The molecule has 0 aromatic heterocycles. The first-order valence-corrected chi connectivity index (χ1v) is 6.06. The van der Waals surface area contributed by atoms with E-state index in [0.29, 0.717) is 12.0 Å². The summed E-state index contributed by atoms with van der Waals surface area (Å²) in [6.45, 7) is 6.45. The molecule has 15 heavy (non-hydrogen) atoms. The van der Waals surface area contributed by atoms with Gasteiger partial charge < -0.3 is 10.6 Å². The van der Waals surface area contributed by atoms with E-state index < -0.39 is 0 Å². The molecule has 1 rings (SSSR count). The first-order chi connectivity index (χ1) is 7.00. The Bertz CT molecular complexity index is 215. The van der Waals surface area contributed by atoms with Crippen molar-refractivity contribution in [2.45, 2.75) is 58.5 Å². The molecule has 0 amide bonds. The van der Waals surface area contributed by atoms with Gasteiger partial charge in [0, 0.05) is 19.1 Å². The van der Waals surface area contributed by atoms with Crippen molar-refractivity contribution in [2.75, 3.05) is 7.05 Å². The predicted octanol–water partition coefficient (Wildman–Crippen LogP) is 2.22. The number of hydrogen-bond acceptors (Lipinski definition) is 1. The van der Waals surface area contributed by atoms with Gasteiger partial charge in [-0.05, 0) is 45.4 Å². The Hall–Kier alpha value is -0.730. The average molecular weight is 211 g/mol. The number of guanidine groups is 1. The van der Waals surface area contributed by atoms with Gasteiger partial charge in [-0.25, -0.2) is 0 Å². The summed E-state index contributed by atoms with van der Waals surface area (Å²) in [4.78, 5) is 6.55. The van der Waals surface area contributed by atoms with Crippen LogP contribution in [0.15, 0.2) is 4.99 Å². The van der Waals surface area contributed by atoms with Crippen LogP contribution in [0, 0.1) is 5.92 Å². The lowest BCUT2D eigenvalue weighted by atomic mass is 9.87. The Balaban J connectivity index is 2.49. The number of rotatable bonds is 2. The highest BCUT2D eigenvalue weighted by Crippen LogP contribution is 2.26. The van der Waals surface area contributed by atoms with E-state index in [4.69, 9.17) is 5.73 Å². The molecule has 1 aliphatic rings. The van der Waals surface area contributed by atoms with Gasteiger partial charge in [0.2, 0.25) is 0 Å². The fourth-order valence-electron chi connectivity index (χ4n) is 2.17. The van der Waals surface area contributed by atoms with E-state index in [1.807, 2.05) is 0 Å². The van der Waals surface area contributed by atoms with E-state index >= 15 is 0 Å². The minimum atomic E-state index is 0.287. The van der Waals surface area contributed by atoms with E-state index in [2.05, 4.69) is 37.7 Å². The first kappa shape index (κ1) is 12.3. The molecule has 0 aromatic rings. The molecule has 0 unspecified atom stereocenters. The van der Waals surface area contributed by atoms with E-state index in [-0.39, 0.29) is 6.04 Å². The Morgan fingerprint density at radius 2 is 1.80 bits per heavy atom. The second-order valence-electron chi connectivity index (χ2n) is 5.11. The maximum absolute atomic E-state index is 5.96. The monoisotopic (exact) mass is 211 g/mol. The van der Waals surface area contributed by atoms with Gasteiger partial charge in [0.05, 0.1) is 0 Å². The minimum absolute atomic E-state index is 0.287. The summed E-state index contributed by atoms with van der Waals surface area (Å²) in [5.74, 6) is 1.59. The molecule has 2 N–H and O–H groups in total. The molecular weight excluding hydrogens is 186 g/mol. The van der Waals surface area contributed by atoms with Gasteiger partial charge in [0.1, 0.15) is 0 Å². The van der Waals surface area contributed by atoms with Crippen LogP contribution in [0.2, 0.25) is 0 Å². The number of nitrogens with zero attached hydrogens (tertiary/aromatic N) is 2. The molecule has 0 radical (unpaired) electrons. The summed E-state index contributed by atoms with van der Waals surface area (Å²) < 4.78 is 0. The zero-order valence-corrected chi connectivity index (χ0v) is 10.5. The van der Waals surface area contributed by atoms with E-state index in [0.717, 1.165) is 5.92 Å². The molecule has 0 bridgehead atoms. The van der Waals surface area contributed by atoms with Crippen LogP contribution in [0.5, 0.6) is 0 Å². The van der Waals surface area contributed by atoms with E-state index in [1.165, 1.54) is 25.7 Å². The lowest BCUT2D eigenvalue weighted by Gasteiger charge is -2.34. The van der Waals surface area contributed by atoms with Gasteiger partial charge in [0.15, 0.2) is 5.96 Å². The van der Waals surface area contributed by atoms with Crippen molar-refractivity contribution in [3.8, 4) is 0 Å². The molecular formula is C12H25N3. The summed E-state index contributed by atoms with van der Waals surface area (Å²) in [7, 11) is 2.07. The highest BCUT2D eigenvalue weighted by Gasteiger charge is 2.22. The molecule has 3 nitrogen and oxygen atoms in total. The SMILES string of the molecule is CC1CCC(N(C)C(N)=NC(C)C)CC1. The smallest absolute Gasteiger partial charge is 0.191 e. The van der Waals surface area contributed by atoms with Crippen LogP contribution in [0.25, 0.3) is 0 Å². The minimum Gasteiger partial charge on any atom is -0.370 e. The molecule has 0 aromatic carbocycles. The van der Waals surface area contributed by atoms with Crippen molar-refractivity contribution in [3.63, 3.8) is 0 Å². The standard InChI is InChI=1S/C12H25N3/c1-9(2)14-12(13)15(4)11-7-5-10(3)6-8-11/h9-11H,5-8H2,1-4H3,(H2,13,14). The summed E-state index contributed by atoms with van der Waals surface area (Å²) >= 11 is 0. The summed E-state index contributed by atoms with van der Waals surface area (Å²) in [5, 5.41) is 0. The second kappa shape index (κ2) is 5.38. The van der Waals surface area contributed by atoms with Crippen LogP contribution in [0.3, 0.4) is 0 Å². The van der Waals surface area contributed by atoms with Crippen molar-refractivity contribution < 1.29 is 0 Å². The van der Waals surface area contributed by atoms with Crippen LogP contribution >= 0.6 is 0 Å². The van der Waals surface area contributed by atoms with Crippen LogP contribution in [-0.2, 0) is 0 Å². The average Bonchev–Trinajstić information content (AvgIpc) is 2.17. The molecule has 1 fully saturated rings. The van der Waals surface area contributed by atoms with Gasteiger partial charge in [-0.15, -0.1) is 0 Å². The van der Waals surface area contributed by atoms with Gasteiger partial charge in [0.25, 0.3) is 0 Å². The molecule has 0 atom stereocenters. The third-order valence-electron chi connectivity index (χ3n) is 3.28. The quantitative estimate of drug-likeness (QED) is 0.562. The zero-order valence-electron chi connectivity index (χ0n) is 10.5. The third-order valence-corrected chi connectivity index (χ3v) is 3.28. The predicted molar refractivity (Wildman–Crippen MR) is 65.9 cm³/mol. The largest absolute Gasteiger partial charge is 0.370 e. The molecule has 3 heteroatoms. The summed E-state index contributed by atoms with van der Waals surface area (Å²) in [5.41, 5.74) is 5.96. The van der Waals surface area contributed by atoms with Crippen LogP contribution in [0.1, 0.15) is 46.5 Å². The Kier molecular flexibility index (Phi) is 4.43. The van der Waals surface area contributed by atoms with Crippen LogP contribution < -0.4 is 5.73 Å². The van der Waals surface area contributed by atoms with Gasteiger partial charge in [-0.2, -0.15) is 0 Å². The van der Waals surface area contributed by atoms with Gasteiger partial charge in [-0.3, -0.25) is 4.99 Å². The first-order valence-electron chi connectivity index (χ1n) is 6.06. The van der Waals surface area contributed by atoms with Crippen LogP contribution in [-0.4, -0.2) is 30.0 Å². The van der Waals surface area contributed by atoms with Crippen molar-refractivity contribution in [2.24, 2.45) is 16.6 Å². The Morgan fingerprint density at radius 3 is 2.27 bits per heavy atom. The van der Waals surface area contributed by atoms with Crippen molar-refractivity contribution in [3.05, 3.63) is 0 Å². The van der Waals surface area contributed by atoms with Crippen molar-refractivity contribution in [1.82, 2.24) is 4.90 Å². The Morgan fingerprint density at radius 1 is 1.27 bits per heavy atom. The highest BCUT2D eigenvalue weighted by molar-refractivity contribution is 5.78. The van der Waals surface area contributed by atoms with E-state index in [1.54, 1.807) is 0 Å². The molecule has 0 spiro atoms. The molecule has 0 aliphatic heterocycles. The van der Waals surface area contributed by atoms with Crippen molar-refractivity contribution >= 4 is 5.96 Å². The lowest BCUT2D eigenvalue weighted by Crippen LogP contribution is -2.43. The highest BCUT2D eigenvalue weighted by atomic mass is 15.3. The lowest BCUT2D eigenvalue weighted by molar-refractivity contribution is 0.237. The normalized spacial score (nSPS) is 28.2. The third kappa shape index (κ3) is 3.73. The van der Waals surface area contributed by atoms with E-state index in [9.17, 15) is 0 Å². The zero-order chi connectivity index (χ0) is 11.4. The van der Waals surface area contributed by atoms with Gasteiger partial charge in [-0.1, -0.05) is 6.92 Å². The fraction of sp³-hybridized carbons (Fsp3) is 0.917. The number of nitrogens with two attached hydrogens (primary N) is 1. The number of aliphatic imine (C=N–C) groups is 1. The summed E-state index contributed by atoms with van der Waals surface area (Å²) in [6.07, 6.45) is 5.16. The van der Waals surface area contributed by atoms with Gasteiger partial charge >= 0.3 is 0 Å². The topological polar surface area (TPSA) is 41.6 Å². The Labute approximate surface area is 93.7 Å². The number of hydrogen-bond donors (Lipinski definition) is 1. The molecule has 1 aliphatic carbocycles. The van der Waals surface area contributed by atoms with Crippen LogP contribution in [0.4, 0.5) is 0 Å². The molecule has 88 valence electrons. The molecule has 0 saturated heterocycles.